The van der Waals surface area contributed by atoms with Crippen molar-refractivity contribution in [1.82, 2.24) is 15.2 Å². The van der Waals surface area contributed by atoms with Gasteiger partial charge in [-0.3, -0.25) is 0 Å². The first-order chi connectivity index (χ1) is 12.7. The van der Waals surface area contributed by atoms with Gasteiger partial charge in [-0.05, 0) is 24.1 Å². The predicted octanol–water partition coefficient (Wildman–Crippen LogP) is 3.65. The van der Waals surface area contributed by atoms with Crippen molar-refractivity contribution in [3.8, 4) is 5.88 Å². The number of aryl methyl sites for hydroxylation is 1. The number of urea groups is 1. The van der Waals surface area contributed by atoms with Gasteiger partial charge in [-0.2, -0.15) is 0 Å². The van der Waals surface area contributed by atoms with Crippen molar-refractivity contribution in [3.63, 3.8) is 0 Å². The van der Waals surface area contributed by atoms with Gasteiger partial charge in [0.2, 0.25) is 5.88 Å². The van der Waals surface area contributed by atoms with Gasteiger partial charge in [0, 0.05) is 17.5 Å². The number of nitrogens with one attached hydrogen (secondary N) is 1. The van der Waals surface area contributed by atoms with Gasteiger partial charge in [0.25, 0.3) is 0 Å². The molecule has 3 aromatic rings. The molecule has 0 unspecified atom stereocenters. The van der Waals surface area contributed by atoms with E-state index in [1.54, 1.807) is 4.90 Å². The van der Waals surface area contributed by atoms with E-state index in [1.807, 2.05) is 55.5 Å². The van der Waals surface area contributed by atoms with Crippen LogP contribution in [-0.2, 0) is 13.1 Å². The minimum atomic E-state index is -0.0883. The lowest BCUT2D eigenvalue weighted by molar-refractivity contribution is 0.187. The number of amides is 2. The summed E-state index contributed by atoms with van der Waals surface area (Å²) in [5.74, 6) is 0.630. The van der Waals surface area contributed by atoms with Crippen molar-refractivity contribution in [1.29, 1.82) is 0 Å². The molecule has 0 radical (unpaired) electrons. The zero-order chi connectivity index (χ0) is 17.9. The number of nitrogens with zero attached hydrogens (tertiary/aromatic N) is 2. The monoisotopic (exact) mass is 347 g/mol. The van der Waals surface area contributed by atoms with Crippen molar-refractivity contribution in [2.45, 2.75) is 20.0 Å². The molecule has 26 heavy (non-hydrogen) atoms. The number of aromatic nitrogens is 1. The van der Waals surface area contributed by atoms with Crippen LogP contribution in [-0.4, -0.2) is 29.1 Å². The van der Waals surface area contributed by atoms with Crippen LogP contribution in [0.1, 0.15) is 16.7 Å². The van der Waals surface area contributed by atoms with E-state index in [1.165, 1.54) is 0 Å². The SMILES string of the molecule is Cc1cccc2cc3c(nc12)OCCN(C(=O)NCc1ccccc1)C3. The number of rotatable bonds is 2. The van der Waals surface area contributed by atoms with Gasteiger partial charge in [-0.25, -0.2) is 9.78 Å². The summed E-state index contributed by atoms with van der Waals surface area (Å²) in [6, 6.07) is 18.0. The molecule has 1 N–H and O–H groups in total. The molecule has 0 aliphatic carbocycles. The minimum absolute atomic E-state index is 0.0883. The molecule has 0 bridgehead atoms. The Bertz CT molecular complexity index is 941. The molecule has 2 heterocycles. The average Bonchev–Trinajstić information content (AvgIpc) is 2.88. The number of carbonyl (C=O) groups is 1. The highest BCUT2D eigenvalue weighted by molar-refractivity contribution is 5.83. The van der Waals surface area contributed by atoms with Crippen LogP contribution in [0.4, 0.5) is 4.79 Å². The van der Waals surface area contributed by atoms with Crippen molar-refractivity contribution >= 4 is 16.9 Å². The summed E-state index contributed by atoms with van der Waals surface area (Å²) in [6.45, 7) is 4.02. The Labute approximate surface area is 152 Å². The highest BCUT2D eigenvalue weighted by Crippen LogP contribution is 2.27. The normalized spacial score (nSPS) is 13.7. The van der Waals surface area contributed by atoms with E-state index in [9.17, 15) is 4.79 Å². The summed E-state index contributed by atoms with van der Waals surface area (Å²) in [6.07, 6.45) is 0. The molecule has 0 spiro atoms. The van der Waals surface area contributed by atoms with Crippen molar-refractivity contribution in [2.24, 2.45) is 0 Å². The van der Waals surface area contributed by atoms with Gasteiger partial charge < -0.3 is 15.0 Å². The number of hydrogen-bond acceptors (Lipinski definition) is 3. The zero-order valence-electron chi connectivity index (χ0n) is 14.7. The van der Waals surface area contributed by atoms with Crippen LogP contribution in [0.15, 0.2) is 54.6 Å². The maximum Gasteiger partial charge on any atom is 0.318 e. The van der Waals surface area contributed by atoms with Crippen LogP contribution in [0.2, 0.25) is 0 Å². The topological polar surface area (TPSA) is 54.5 Å². The van der Waals surface area contributed by atoms with E-state index >= 15 is 0 Å². The number of benzene rings is 2. The second-order valence-corrected chi connectivity index (χ2v) is 6.51. The second kappa shape index (κ2) is 7.04. The van der Waals surface area contributed by atoms with Crippen LogP contribution in [0, 0.1) is 6.92 Å². The Kier molecular flexibility index (Phi) is 4.44. The maximum atomic E-state index is 12.6. The van der Waals surface area contributed by atoms with Gasteiger partial charge in [0.15, 0.2) is 0 Å². The summed E-state index contributed by atoms with van der Waals surface area (Å²) < 4.78 is 5.82. The van der Waals surface area contributed by atoms with Gasteiger partial charge in [-0.1, -0.05) is 48.5 Å². The number of fused-ring (bicyclic) bond motifs is 2. The van der Waals surface area contributed by atoms with E-state index in [-0.39, 0.29) is 6.03 Å². The van der Waals surface area contributed by atoms with Crippen molar-refractivity contribution < 1.29 is 9.53 Å². The van der Waals surface area contributed by atoms with Crippen molar-refractivity contribution in [3.05, 3.63) is 71.3 Å². The quantitative estimate of drug-likeness (QED) is 0.770. The molecular formula is C21H21N3O2. The Morgan fingerprint density at radius 2 is 2.04 bits per heavy atom. The average molecular weight is 347 g/mol. The molecule has 4 rings (SSSR count). The fraction of sp³-hybridized carbons (Fsp3) is 0.238. The predicted molar refractivity (Wildman–Crippen MR) is 101 cm³/mol. The summed E-state index contributed by atoms with van der Waals surface area (Å²) in [5, 5.41) is 4.05. The van der Waals surface area contributed by atoms with Gasteiger partial charge >= 0.3 is 6.03 Å². The molecule has 2 amide bonds. The van der Waals surface area contributed by atoms with E-state index in [0.29, 0.717) is 32.1 Å². The summed E-state index contributed by atoms with van der Waals surface area (Å²) in [4.78, 5) is 19.0. The fourth-order valence-electron chi connectivity index (χ4n) is 3.21. The zero-order valence-corrected chi connectivity index (χ0v) is 14.7. The van der Waals surface area contributed by atoms with Crippen LogP contribution < -0.4 is 10.1 Å². The first-order valence-electron chi connectivity index (χ1n) is 8.79. The number of carbonyl (C=O) groups excluding carboxylic acids is 1. The Balaban J connectivity index is 1.53. The molecule has 2 aromatic carbocycles. The number of para-hydroxylation sites is 1. The molecule has 0 saturated heterocycles. The van der Waals surface area contributed by atoms with Gasteiger partial charge in [0.05, 0.1) is 18.6 Å². The lowest BCUT2D eigenvalue weighted by Crippen LogP contribution is -2.40. The van der Waals surface area contributed by atoms with Crippen LogP contribution in [0.5, 0.6) is 5.88 Å². The van der Waals surface area contributed by atoms with Crippen LogP contribution >= 0.6 is 0 Å². The van der Waals surface area contributed by atoms with E-state index < -0.39 is 0 Å². The summed E-state index contributed by atoms with van der Waals surface area (Å²) >= 11 is 0. The van der Waals surface area contributed by atoms with E-state index in [4.69, 9.17) is 4.74 Å². The summed E-state index contributed by atoms with van der Waals surface area (Å²) in [5.41, 5.74) is 4.09. The Morgan fingerprint density at radius 1 is 1.19 bits per heavy atom. The number of hydrogen-bond donors (Lipinski definition) is 1. The lowest BCUT2D eigenvalue weighted by atomic mass is 10.1. The molecule has 1 aromatic heterocycles. The fourth-order valence-corrected chi connectivity index (χ4v) is 3.21. The number of pyridine rings is 1. The Hall–Kier alpha value is -3.08. The minimum Gasteiger partial charge on any atom is -0.476 e. The highest BCUT2D eigenvalue weighted by atomic mass is 16.5. The van der Waals surface area contributed by atoms with Crippen molar-refractivity contribution in [2.75, 3.05) is 13.2 Å². The van der Waals surface area contributed by atoms with E-state index in [2.05, 4.69) is 16.4 Å². The molecule has 1 aliphatic rings. The molecule has 0 atom stereocenters. The summed E-state index contributed by atoms with van der Waals surface area (Å²) in [7, 11) is 0. The third-order valence-electron chi connectivity index (χ3n) is 4.62. The Morgan fingerprint density at radius 3 is 2.88 bits per heavy atom. The lowest BCUT2D eigenvalue weighted by Gasteiger charge is -2.20. The first kappa shape index (κ1) is 16.4. The molecule has 132 valence electrons. The third-order valence-corrected chi connectivity index (χ3v) is 4.62. The molecule has 5 nitrogen and oxygen atoms in total. The smallest absolute Gasteiger partial charge is 0.318 e. The third kappa shape index (κ3) is 3.33. The largest absolute Gasteiger partial charge is 0.476 e. The van der Waals surface area contributed by atoms with Crippen LogP contribution in [0.25, 0.3) is 10.9 Å². The molecule has 0 fully saturated rings. The molecule has 1 aliphatic heterocycles. The molecule has 5 heteroatoms. The number of ether oxygens (including phenoxy) is 1. The molecule has 0 saturated carbocycles. The first-order valence-corrected chi connectivity index (χ1v) is 8.79. The van der Waals surface area contributed by atoms with Gasteiger partial charge in [0.1, 0.15) is 6.61 Å². The van der Waals surface area contributed by atoms with Crippen LogP contribution in [0.3, 0.4) is 0 Å². The molecular weight excluding hydrogens is 326 g/mol. The van der Waals surface area contributed by atoms with Gasteiger partial charge in [-0.15, -0.1) is 0 Å². The highest BCUT2D eigenvalue weighted by Gasteiger charge is 2.21. The standard InChI is InChI=1S/C21H21N3O2/c1-15-6-5-9-17-12-18-14-24(10-11-26-20(18)23-19(15)17)21(25)22-13-16-7-3-2-4-8-16/h2-9,12H,10-11,13-14H2,1H3,(H,22,25). The van der Waals surface area contributed by atoms with E-state index in [0.717, 1.165) is 27.6 Å². The second-order valence-electron chi connectivity index (χ2n) is 6.51. The maximum absolute atomic E-state index is 12.6.